The molecule has 2 N–H and O–H groups in total. The Balaban J connectivity index is 1.97. The van der Waals surface area contributed by atoms with E-state index in [9.17, 15) is 14.0 Å². The topological polar surface area (TPSA) is 61.4 Å². The average Bonchev–Trinajstić information content (AvgIpc) is 2.77. The van der Waals surface area contributed by atoms with Gasteiger partial charge in [-0.25, -0.2) is 9.18 Å². The van der Waals surface area contributed by atoms with Crippen molar-refractivity contribution in [1.82, 2.24) is 10.2 Å². The maximum absolute atomic E-state index is 13.5. The van der Waals surface area contributed by atoms with Gasteiger partial charge in [0, 0.05) is 13.1 Å². The molecular formula is C11H11ClFN3O2. The van der Waals surface area contributed by atoms with Gasteiger partial charge >= 0.3 is 6.03 Å². The molecule has 1 heterocycles. The normalized spacial score (nSPS) is 14.6. The van der Waals surface area contributed by atoms with Crippen LogP contribution < -0.4 is 10.6 Å². The second-order valence-electron chi connectivity index (χ2n) is 3.73. The third-order valence-corrected chi connectivity index (χ3v) is 2.83. The predicted octanol–water partition coefficient (Wildman–Crippen LogP) is 1.44. The molecule has 0 saturated carbocycles. The van der Waals surface area contributed by atoms with E-state index in [2.05, 4.69) is 10.6 Å². The lowest BCUT2D eigenvalue weighted by Gasteiger charge is -2.13. The van der Waals surface area contributed by atoms with E-state index in [4.69, 9.17) is 11.6 Å². The minimum atomic E-state index is -0.613. The summed E-state index contributed by atoms with van der Waals surface area (Å²) in [6, 6.07) is 4.03. The summed E-state index contributed by atoms with van der Waals surface area (Å²) in [7, 11) is 0. The smallest absolute Gasteiger partial charge is 0.324 e. The van der Waals surface area contributed by atoms with Gasteiger partial charge in [-0.1, -0.05) is 17.7 Å². The Morgan fingerprint density at radius 2 is 2.33 bits per heavy atom. The van der Waals surface area contributed by atoms with Gasteiger partial charge in [0.25, 0.3) is 0 Å². The van der Waals surface area contributed by atoms with Crippen LogP contribution in [0.15, 0.2) is 18.2 Å². The maximum atomic E-state index is 13.5. The van der Waals surface area contributed by atoms with Gasteiger partial charge in [-0.05, 0) is 12.1 Å². The first-order chi connectivity index (χ1) is 8.59. The number of hydrogen-bond acceptors (Lipinski definition) is 3. The molecule has 1 saturated heterocycles. The number of halogens is 2. The molecule has 3 amide bonds. The highest BCUT2D eigenvalue weighted by Gasteiger charge is 2.25. The molecular weight excluding hydrogens is 261 g/mol. The van der Waals surface area contributed by atoms with E-state index in [-0.39, 0.29) is 17.3 Å². The molecule has 0 bridgehead atoms. The predicted molar refractivity (Wildman–Crippen MR) is 65.0 cm³/mol. The monoisotopic (exact) mass is 271 g/mol. The molecule has 1 aliphatic rings. The molecule has 1 aromatic carbocycles. The summed E-state index contributed by atoms with van der Waals surface area (Å²) in [5.74, 6) is -1.03. The summed E-state index contributed by atoms with van der Waals surface area (Å²) >= 11 is 5.60. The Morgan fingerprint density at radius 3 is 3.00 bits per heavy atom. The van der Waals surface area contributed by atoms with Crippen molar-refractivity contribution in [2.45, 2.75) is 0 Å². The summed E-state index contributed by atoms with van der Waals surface area (Å²) in [5.41, 5.74) is 0.135. The molecule has 0 unspecified atom stereocenters. The Morgan fingerprint density at radius 1 is 1.56 bits per heavy atom. The van der Waals surface area contributed by atoms with Crippen LogP contribution in [-0.2, 0) is 4.79 Å². The largest absolute Gasteiger partial charge is 0.374 e. The Labute approximate surface area is 108 Å². The summed E-state index contributed by atoms with van der Waals surface area (Å²) in [5, 5.41) is 5.11. The summed E-state index contributed by atoms with van der Waals surface area (Å²) < 4.78 is 13.5. The first-order valence-corrected chi connectivity index (χ1v) is 5.73. The standard InChI is InChI=1S/C11H11ClFN3O2/c12-7-2-1-3-8(10(7)13)15-6-9(17)16-5-4-14-11(16)18/h1-3,15H,4-6H2,(H,14,18). The minimum Gasteiger partial charge on any atom is -0.374 e. The number of rotatable bonds is 3. The highest BCUT2D eigenvalue weighted by molar-refractivity contribution is 6.31. The fraction of sp³-hybridized carbons (Fsp3) is 0.273. The molecule has 0 atom stereocenters. The number of anilines is 1. The molecule has 7 heteroatoms. The van der Waals surface area contributed by atoms with Crippen molar-refractivity contribution in [2.24, 2.45) is 0 Å². The summed E-state index contributed by atoms with van der Waals surface area (Å²) in [4.78, 5) is 24.0. The van der Waals surface area contributed by atoms with Crippen LogP contribution in [0.3, 0.4) is 0 Å². The second kappa shape index (κ2) is 5.22. The molecule has 18 heavy (non-hydrogen) atoms. The van der Waals surface area contributed by atoms with Gasteiger partial charge in [-0.2, -0.15) is 0 Å². The summed E-state index contributed by atoms with van der Waals surface area (Å²) in [6.07, 6.45) is 0. The van der Waals surface area contributed by atoms with Gasteiger partial charge in [0.2, 0.25) is 5.91 Å². The Bertz CT molecular complexity index is 495. The van der Waals surface area contributed by atoms with Gasteiger partial charge in [0.1, 0.15) is 0 Å². The zero-order chi connectivity index (χ0) is 13.1. The number of nitrogens with one attached hydrogen (secondary N) is 2. The Hall–Kier alpha value is -1.82. The molecule has 1 aliphatic heterocycles. The van der Waals surface area contributed by atoms with Gasteiger partial charge < -0.3 is 10.6 Å². The molecule has 0 aliphatic carbocycles. The van der Waals surface area contributed by atoms with Crippen LogP contribution in [0, 0.1) is 5.82 Å². The van der Waals surface area contributed by atoms with Crippen LogP contribution in [0.25, 0.3) is 0 Å². The maximum Gasteiger partial charge on any atom is 0.324 e. The Kier molecular flexibility index (Phi) is 3.66. The SMILES string of the molecule is O=C(CNc1cccc(Cl)c1F)N1CCNC1=O. The number of imide groups is 1. The lowest BCUT2D eigenvalue weighted by Crippen LogP contribution is -2.38. The van der Waals surface area contributed by atoms with E-state index in [1.807, 2.05) is 0 Å². The van der Waals surface area contributed by atoms with E-state index in [1.54, 1.807) is 6.07 Å². The number of hydrogen-bond donors (Lipinski definition) is 2. The molecule has 1 fully saturated rings. The van der Waals surface area contributed by atoms with Crippen molar-refractivity contribution in [3.63, 3.8) is 0 Å². The number of carbonyl (C=O) groups is 2. The molecule has 0 radical (unpaired) electrons. The second-order valence-corrected chi connectivity index (χ2v) is 4.14. The van der Waals surface area contributed by atoms with Crippen LogP contribution >= 0.6 is 11.6 Å². The molecule has 96 valence electrons. The zero-order valence-electron chi connectivity index (χ0n) is 9.37. The lowest BCUT2D eigenvalue weighted by atomic mass is 10.3. The van der Waals surface area contributed by atoms with Gasteiger partial charge in [0.15, 0.2) is 5.82 Å². The van der Waals surface area contributed by atoms with Gasteiger partial charge in [-0.3, -0.25) is 9.69 Å². The van der Waals surface area contributed by atoms with Crippen LogP contribution in [0.1, 0.15) is 0 Å². The van der Waals surface area contributed by atoms with Crippen molar-refractivity contribution in [3.05, 3.63) is 29.0 Å². The third kappa shape index (κ3) is 2.53. The fourth-order valence-electron chi connectivity index (χ4n) is 1.62. The molecule has 5 nitrogen and oxygen atoms in total. The van der Waals surface area contributed by atoms with Gasteiger partial charge in [0.05, 0.1) is 17.3 Å². The highest BCUT2D eigenvalue weighted by atomic mass is 35.5. The molecule has 1 aromatic rings. The van der Waals surface area contributed by atoms with Crippen LogP contribution in [0.2, 0.25) is 5.02 Å². The first kappa shape index (κ1) is 12.6. The summed E-state index contributed by atoms with van der Waals surface area (Å²) in [6.45, 7) is 0.609. The number of benzene rings is 1. The zero-order valence-corrected chi connectivity index (χ0v) is 10.1. The highest BCUT2D eigenvalue weighted by Crippen LogP contribution is 2.21. The van der Waals surface area contributed by atoms with E-state index >= 15 is 0 Å². The quantitative estimate of drug-likeness (QED) is 0.875. The van der Waals surface area contributed by atoms with Crippen LogP contribution in [0.5, 0.6) is 0 Å². The number of nitrogens with zero attached hydrogens (tertiary/aromatic N) is 1. The molecule has 0 aromatic heterocycles. The first-order valence-electron chi connectivity index (χ1n) is 5.35. The number of urea groups is 1. The minimum absolute atomic E-state index is 0.0219. The molecule has 2 rings (SSSR count). The van der Waals surface area contributed by atoms with Crippen molar-refractivity contribution in [1.29, 1.82) is 0 Å². The van der Waals surface area contributed by atoms with Gasteiger partial charge in [-0.15, -0.1) is 0 Å². The van der Waals surface area contributed by atoms with E-state index in [1.165, 1.54) is 12.1 Å². The van der Waals surface area contributed by atoms with Crippen molar-refractivity contribution < 1.29 is 14.0 Å². The third-order valence-electron chi connectivity index (χ3n) is 2.54. The van der Waals surface area contributed by atoms with Crippen molar-refractivity contribution in [2.75, 3.05) is 25.0 Å². The van der Waals surface area contributed by atoms with E-state index < -0.39 is 17.8 Å². The van der Waals surface area contributed by atoms with Crippen molar-refractivity contribution >= 4 is 29.2 Å². The average molecular weight is 272 g/mol. The van der Waals surface area contributed by atoms with E-state index in [0.29, 0.717) is 13.1 Å². The lowest BCUT2D eigenvalue weighted by molar-refractivity contribution is -0.125. The molecule has 0 spiro atoms. The fourth-order valence-corrected chi connectivity index (χ4v) is 1.79. The number of amides is 3. The van der Waals surface area contributed by atoms with Crippen LogP contribution in [0.4, 0.5) is 14.9 Å². The number of carbonyl (C=O) groups excluding carboxylic acids is 2. The van der Waals surface area contributed by atoms with Crippen molar-refractivity contribution in [3.8, 4) is 0 Å². The van der Waals surface area contributed by atoms with Crippen LogP contribution in [-0.4, -0.2) is 36.5 Å². The van der Waals surface area contributed by atoms with E-state index in [0.717, 1.165) is 4.90 Å².